The second kappa shape index (κ2) is 4.00. The molecule has 78 valence electrons. The van der Waals surface area contributed by atoms with Gasteiger partial charge in [-0.1, -0.05) is 0 Å². The molecular weight excluding hydrogens is 180 g/mol. The third-order valence-corrected chi connectivity index (χ3v) is 2.88. The number of rotatable bonds is 1. The van der Waals surface area contributed by atoms with Crippen LogP contribution in [0.3, 0.4) is 0 Å². The van der Waals surface area contributed by atoms with E-state index in [0.29, 0.717) is 5.57 Å². The van der Waals surface area contributed by atoms with Gasteiger partial charge in [-0.05, 0) is 32.1 Å². The Bertz CT molecular complexity index is 273. The van der Waals surface area contributed by atoms with Gasteiger partial charge in [-0.2, -0.15) is 0 Å². The lowest BCUT2D eigenvalue weighted by molar-refractivity contribution is -0.133. The van der Waals surface area contributed by atoms with Crippen LogP contribution < -0.4 is 5.43 Å². The maximum Gasteiger partial charge on any atom is 0.333 e. The number of fused-ring (bicyclic) bond motifs is 1. The number of aliphatic carboxylic acids is 1. The van der Waals surface area contributed by atoms with Crippen LogP contribution >= 0.6 is 0 Å². The van der Waals surface area contributed by atoms with Crippen molar-refractivity contribution in [1.29, 1.82) is 0 Å². The van der Waals surface area contributed by atoms with Gasteiger partial charge in [0, 0.05) is 18.8 Å². The Morgan fingerprint density at radius 1 is 1.29 bits per heavy atom. The minimum atomic E-state index is -0.742. The Morgan fingerprint density at radius 2 is 2.14 bits per heavy atom. The smallest absolute Gasteiger partial charge is 0.333 e. The molecule has 0 unspecified atom stereocenters. The van der Waals surface area contributed by atoms with Crippen LogP contribution in [0, 0.1) is 0 Å². The van der Waals surface area contributed by atoms with Crippen molar-refractivity contribution < 1.29 is 9.90 Å². The molecule has 14 heavy (non-hydrogen) atoms. The summed E-state index contributed by atoms with van der Waals surface area (Å²) in [6.45, 7) is 1.92. The van der Waals surface area contributed by atoms with Gasteiger partial charge < -0.3 is 10.1 Å². The molecule has 0 aromatic carbocycles. The van der Waals surface area contributed by atoms with Crippen molar-refractivity contribution in [3.05, 3.63) is 11.3 Å². The largest absolute Gasteiger partial charge is 0.478 e. The zero-order valence-electron chi connectivity index (χ0n) is 8.25. The second-order valence-electron chi connectivity index (χ2n) is 3.85. The van der Waals surface area contributed by atoms with Gasteiger partial charge in [0.1, 0.15) is 0 Å². The molecule has 0 aromatic heterocycles. The van der Waals surface area contributed by atoms with Crippen LogP contribution in [0.1, 0.15) is 32.1 Å². The molecule has 2 N–H and O–H groups in total. The monoisotopic (exact) mass is 196 g/mol. The highest BCUT2D eigenvalue weighted by Crippen LogP contribution is 2.26. The van der Waals surface area contributed by atoms with E-state index in [1.54, 1.807) is 0 Å². The zero-order chi connectivity index (χ0) is 9.97. The molecule has 2 aliphatic heterocycles. The van der Waals surface area contributed by atoms with Gasteiger partial charge in [-0.15, -0.1) is 0 Å². The Kier molecular flexibility index (Phi) is 2.72. The van der Waals surface area contributed by atoms with E-state index in [4.69, 9.17) is 5.11 Å². The molecule has 0 spiro atoms. The van der Waals surface area contributed by atoms with Crippen molar-refractivity contribution in [2.75, 3.05) is 13.1 Å². The fraction of sp³-hybridized carbons (Fsp3) is 0.700. The Labute approximate surface area is 83.6 Å². The van der Waals surface area contributed by atoms with Crippen LogP contribution in [0.25, 0.3) is 0 Å². The zero-order valence-corrected chi connectivity index (χ0v) is 8.25. The molecule has 2 rings (SSSR count). The van der Waals surface area contributed by atoms with Crippen LogP contribution in [0.4, 0.5) is 0 Å². The quantitative estimate of drug-likeness (QED) is 0.659. The number of carbonyl (C=O) groups is 1. The van der Waals surface area contributed by atoms with Crippen LogP contribution in [0.5, 0.6) is 0 Å². The van der Waals surface area contributed by atoms with Crippen LogP contribution in [0.15, 0.2) is 11.3 Å². The molecule has 2 heterocycles. The second-order valence-corrected chi connectivity index (χ2v) is 3.85. The van der Waals surface area contributed by atoms with E-state index in [2.05, 4.69) is 5.43 Å². The first-order valence-corrected chi connectivity index (χ1v) is 5.25. The Balaban J connectivity index is 2.28. The maximum atomic E-state index is 11.0. The Morgan fingerprint density at radius 3 is 2.93 bits per heavy atom. The van der Waals surface area contributed by atoms with Gasteiger partial charge in [0.2, 0.25) is 0 Å². The normalized spacial score (nSPS) is 23.0. The summed E-state index contributed by atoms with van der Waals surface area (Å²) in [4.78, 5) is 11.0. The summed E-state index contributed by atoms with van der Waals surface area (Å²) >= 11 is 0. The van der Waals surface area contributed by atoms with Gasteiger partial charge in [-0.3, -0.25) is 0 Å². The average Bonchev–Trinajstić information content (AvgIpc) is 2.41. The van der Waals surface area contributed by atoms with Crippen LogP contribution in [-0.2, 0) is 4.79 Å². The summed E-state index contributed by atoms with van der Waals surface area (Å²) in [6, 6.07) is 0. The molecule has 0 atom stereocenters. The van der Waals surface area contributed by atoms with Crippen molar-refractivity contribution in [3.63, 3.8) is 0 Å². The lowest BCUT2D eigenvalue weighted by Gasteiger charge is -2.31. The number of allylic oxidation sites excluding steroid dienone is 1. The standard InChI is InChI=1S/C10H16N2O2/c13-10(14)8-4-3-7-12-9(8)5-1-2-6-11-12/h11H,1-7H2,(H,13,14). The third-order valence-electron chi connectivity index (χ3n) is 2.88. The highest BCUT2D eigenvalue weighted by atomic mass is 16.4. The van der Waals surface area contributed by atoms with Gasteiger partial charge in [0.15, 0.2) is 0 Å². The molecular formula is C10H16N2O2. The summed E-state index contributed by atoms with van der Waals surface area (Å²) in [5.41, 5.74) is 4.91. The molecule has 2 aliphatic rings. The van der Waals surface area contributed by atoms with Crippen LogP contribution in [-0.4, -0.2) is 29.2 Å². The Hall–Kier alpha value is -1.03. The number of hydrogen-bond acceptors (Lipinski definition) is 3. The summed E-state index contributed by atoms with van der Waals surface area (Å²) in [5.74, 6) is -0.742. The number of hydrogen-bond donors (Lipinski definition) is 2. The van der Waals surface area contributed by atoms with E-state index < -0.39 is 5.97 Å². The van der Waals surface area contributed by atoms with E-state index >= 15 is 0 Å². The van der Waals surface area contributed by atoms with Crippen molar-refractivity contribution in [3.8, 4) is 0 Å². The number of nitrogens with zero attached hydrogens (tertiary/aromatic N) is 1. The SMILES string of the molecule is O=C(O)C1=C2CCCCNN2CCC1. The first-order chi connectivity index (χ1) is 6.79. The first-order valence-electron chi connectivity index (χ1n) is 5.25. The molecule has 4 nitrogen and oxygen atoms in total. The predicted molar refractivity (Wildman–Crippen MR) is 52.5 cm³/mol. The minimum Gasteiger partial charge on any atom is -0.478 e. The maximum absolute atomic E-state index is 11.0. The van der Waals surface area contributed by atoms with Crippen molar-refractivity contribution in [2.24, 2.45) is 0 Å². The van der Waals surface area contributed by atoms with E-state index in [0.717, 1.165) is 50.9 Å². The van der Waals surface area contributed by atoms with E-state index in [1.807, 2.05) is 5.01 Å². The van der Waals surface area contributed by atoms with Crippen molar-refractivity contribution in [1.82, 2.24) is 10.4 Å². The third kappa shape index (κ3) is 1.75. The van der Waals surface area contributed by atoms with Gasteiger partial charge in [-0.25, -0.2) is 10.2 Å². The fourth-order valence-electron chi connectivity index (χ4n) is 2.18. The molecule has 0 radical (unpaired) electrons. The molecule has 0 aliphatic carbocycles. The van der Waals surface area contributed by atoms with E-state index in [1.165, 1.54) is 0 Å². The van der Waals surface area contributed by atoms with Crippen LogP contribution in [0.2, 0.25) is 0 Å². The highest BCUT2D eigenvalue weighted by molar-refractivity contribution is 5.87. The summed E-state index contributed by atoms with van der Waals surface area (Å²) in [5, 5.41) is 11.1. The lowest BCUT2D eigenvalue weighted by Crippen LogP contribution is -2.40. The number of nitrogens with one attached hydrogen (secondary N) is 1. The number of carboxylic acid groups (broad SMARTS) is 1. The predicted octanol–water partition coefficient (Wildman–Crippen LogP) is 1.11. The fourth-order valence-corrected chi connectivity index (χ4v) is 2.18. The summed E-state index contributed by atoms with van der Waals surface area (Å²) in [6.07, 6.45) is 4.80. The van der Waals surface area contributed by atoms with E-state index in [9.17, 15) is 4.79 Å². The van der Waals surface area contributed by atoms with Gasteiger partial charge in [0.05, 0.1) is 5.57 Å². The topological polar surface area (TPSA) is 52.6 Å². The minimum absolute atomic E-state index is 0.616. The molecule has 0 bridgehead atoms. The lowest BCUT2D eigenvalue weighted by atomic mass is 10.0. The molecule has 0 aromatic rings. The molecule has 4 heteroatoms. The van der Waals surface area contributed by atoms with Crippen molar-refractivity contribution in [2.45, 2.75) is 32.1 Å². The van der Waals surface area contributed by atoms with Gasteiger partial charge in [0.25, 0.3) is 0 Å². The highest BCUT2D eigenvalue weighted by Gasteiger charge is 2.24. The van der Waals surface area contributed by atoms with Crippen molar-refractivity contribution >= 4 is 5.97 Å². The van der Waals surface area contributed by atoms with Gasteiger partial charge >= 0.3 is 5.97 Å². The average molecular weight is 196 g/mol. The molecule has 0 saturated carbocycles. The molecule has 1 fully saturated rings. The van der Waals surface area contributed by atoms with E-state index in [-0.39, 0.29) is 0 Å². The first kappa shape index (κ1) is 9.52. The summed E-state index contributed by atoms with van der Waals surface area (Å²) < 4.78 is 0. The summed E-state index contributed by atoms with van der Waals surface area (Å²) in [7, 11) is 0. The molecule has 1 saturated heterocycles. The number of carboxylic acids is 1. The molecule has 0 amide bonds. The number of hydrazine groups is 1.